The highest BCUT2D eigenvalue weighted by molar-refractivity contribution is 6.29. The predicted octanol–water partition coefficient (Wildman–Crippen LogP) is 13.9. The summed E-state index contributed by atoms with van der Waals surface area (Å²) in [5.41, 5.74) is 17.8. The van der Waals surface area contributed by atoms with Gasteiger partial charge in [0.2, 0.25) is 0 Å². The maximum absolute atomic E-state index is 2.53. The van der Waals surface area contributed by atoms with Crippen molar-refractivity contribution in [1.82, 2.24) is 9.13 Å². The van der Waals surface area contributed by atoms with Gasteiger partial charge in [0.1, 0.15) is 0 Å². The van der Waals surface area contributed by atoms with Gasteiger partial charge in [-0.3, -0.25) is 0 Å². The molecule has 0 aliphatic heterocycles. The number of fused-ring (bicyclic) bond motifs is 11. The molecule has 0 bridgehead atoms. The Kier molecular flexibility index (Phi) is 6.43. The summed E-state index contributed by atoms with van der Waals surface area (Å²) in [6, 6.07) is 71.5. The lowest BCUT2D eigenvalue weighted by Gasteiger charge is -2.13. The lowest BCUT2D eigenvalue weighted by atomic mass is 9.94. The third-order valence-corrected chi connectivity index (χ3v) is 12.0. The summed E-state index contributed by atoms with van der Waals surface area (Å²) in [6.45, 7) is 0. The lowest BCUT2D eigenvalue weighted by molar-refractivity contribution is 1.12. The number of benzene rings is 9. The molecular formula is C53H34N2. The average molecular weight is 699 g/mol. The van der Waals surface area contributed by atoms with Crippen LogP contribution in [0.4, 0.5) is 0 Å². The molecular weight excluding hydrogens is 665 g/mol. The number of rotatable bonds is 4. The van der Waals surface area contributed by atoms with Gasteiger partial charge in [-0.2, -0.15) is 0 Å². The van der Waals surface area contributed by atoms with Crippen molar-refractivity contribution in [3.63, 3.8) is 0 Å². The highest BCUT2D eigenvalue weighted by Gasteiger charge is 2.27. The highest BCUT2D eigenvalue weighted by Crippen LogP contribution is 2.47. The number of para-hydroxylation sites is 2. The molecule has 0 amide bonds. The van der Waals surface area contributed by atoms with Gasteiger partial charge < -0.3 is 9.13 Å². The Morgan fingerprint density at radius 3 is 1.65 bits per heavy atom. The Labute approximate surface area is 318 Å². The van der Waals surface area contributed by atoms with Crippen LogP contribution >= 0.6 is 0 Å². The molecule has 1 aliphatic carbocycles. The fourth-order valence-electron chi connectivity index (χ4n) is 9.55. The second-order valence-electron chi connectivity index (χ2n) is 14.8. The van der Waals surface area contributed by atoms with E-state index >= 15 is 0 Å². The van der Waals surface area contributed by atoms with Crippen LogP contribution in [0.5, 0.6) is 0 Å². The van der Waals surface area contributed by atoms with Crippen LogP contribution in [-0.4, -0.2) is 9.13 Å². The Morgan fingerprint density at radius 1 is 0.327 bits per heavy atom. The summed E-state index contributed by atoms with van der Waals surface area (Å²) in [5.74, 6) is 0. The van der Waals surface area contributed by atoms with Crippen LogP contribution in [0.2, 0.25) is 0 Å². The minimum atomic E-state index is 0.887. The van der Waals surface area contributed by atoms with Crippen LogP contribution in [0.15, 0.2) is 194 Å². The van der Waals surface area contributed by atoms with Gasteiger partial charge in [-0.05, 0) is 104 Å². The molecule has 0 atom stereocenters. The zero-order chi connectivity index (χ0) is 36.0. The van der Waals surface area contributed by atoms with E-state index in [0.717, 1.165) is 12.1 Å². The van der Waals surface area contributed by atoms with Crippen LogP contribution in [-0.2, 0) is 6.42 Å². The van der Waals surface area contributed by atoms with E-state index in [-0.39, 0.29) is 0 Å². The van der Waals surface area contributed by atoms with Crippen LogP contribution in [0.3, 0.4) is 0 Å². The molecule has 2 nitrogen and oxygen atoms in total. The largest absolute Gasteiger partial charge is 0.309 e. The molecule has 0 saturated heterocycles. The minimum absolute atomic E-state index is 0.887. The highest BCUT2D eigenvalue weighted by atomic mass is 15.0. The van der Waals surface area contributed by atoms with Gasteiger partial charge in [0.05, 0.1) is 27.8 Å². The summed E-state index contributed by atoms with van der Waals surface area (Å²) >= 11 is 0. The molecule has 12 rings (SSSR count). The number of hydrogen-bond acceptors (Lipinski definition) is 0. The van der Waals surface area contributed by atoms with Crippen LogP contribution in [0.1, 0.15) is 11.1 Å². The molecule has 2 heterocycles. The van der Waals surface area contributed by atoms with E-state index in [1.807, 2.05) is 0 Å². The third-order valence-electron chi connectivity index (χ3n) is 12.0. The summed E-state index contributed by atoms with van der Waals surface area (Å²) in [7, 11) is 0. The fraction of sp³-hybridized carbons (Fsp3) is 0.0189. The summed E-state index contributed by atoms with van der Waals surface area (Å²) < 4.78 is 4.97. The first-order valence-electron chi connectivity index (χ1n) is 19.1. The van der Waals surface area contributed by atoms with E-state index in [4.69, 9.17) is 0 Å². The second kappa shape index (κ2) is 11.7. The van der Waals surface area contributed by atoms with Crippen molar-refractivity contribution >= 4 is 54.4 Å². The zero-order valence-corrected chi connectivity index (χ0v) is 30.1. The fourth-order valence-corrected chi connectivity index (χ4v) is 9.55. The van der Waals surface area contributed by atoms with Gasteiger partial charge in [-0.25, -0.2) is 0 Å². The molecule has 0 N–H and O–H groups in total. The Morgan fingerprint density at radius 2 is 0.891 bits per heavy atom. The van der Waals surface area contributed by atoms with E-state index in [1.165, 1.54) is 105 Å². The quantitative estimate of drug-likeness (QED) is 0.173. The number of nitrogens with zero attached hydrogens (tertiary/aromatic N) is 2. The molecule has 2 aromatic heterocycles. The first kappa shape index (κ1) is 30.3. The number of aromatic nitrogens is 2. The molecule has 1 aliphatic rings. The Balaban J connectivity index is 1.06. The minimum Gasteiger partial charge on any atom is -0.309 e. The molecule has 55 heavy (non-hydrogen) atoms. The normalized spacial score (nSPS) is 12.3. The molecule has 2 heteroatoms. The molecule has 0 saturated carbocycles. The molecule has 0 radical (unpaired) electrons. The molecule has 0 fully saturated rings. The maximum Gasteiger partial charge on any atom is 0.0549 e. The molecule has 9 aromatic carbocycles. The summed E-state index contributed by atoms with van der Waals surface area (Å²) in [4.78, 5) is 0. The predicted molar refractivity (Wildman–Crippen MR) is 232 cm³/mol. The van der Waals surface area contributed by atoms with Crippen molar-refractivity contribution < 1.29 is 0 Å². The SMILES string of the molecule is c1ccc(-c2ccc(-n3c4ccccc4c4c5c6ccccc6n(-c6cccc7c6Cc6c(-c8ccc9ccccc9c8)cccc6-7)c5ccc43)cc2)cc1. The summed E-state index contributed by atoms with van der Waals surface area (Å²) in [6.07, 6.45) is 0.887. The Bertz CT molecular complexity index is 3320. The first-order chi connectivity index (χ1) is 27.3. The van der Waals surface area contributed by atoms with Gasteiger partial charge in [0.15, 0.2) is 0 Å². The second-order valence-corrected chi connectivity index (χ2v) is 14.8. The smallest absolute Gasteiger partial charge is 0.0549 e. The standard InChI is InChI=1S/C53H34N2/c1-2-12-34(13-3-1)36-26-28-39(29-27-36)54-47-21-8-6-16-43(47)52-50(54)30-31-51-53(52)44-17-7-9-22-48(44)55(51)49-23-11-20-42-41-19-10-18-40(45(41)33-46(42)49)38-25-24-35-14-4-5-15-37(35)32-38/h1-32H,33H2. The monoisotopic (exact) mass is 698 g/mol. The molecule has 256 valence electrons. The van der Waals surface area contributed by atoms with Gasteiger partial charge in [-0.15, -0.1) is 0 Å². The third kappa shape index (κ3) is 4.43. The van der Waals surface area contributed by atoms with Crippen molar-refractivity contribution in [2.24, 2.45) is 0 Å². The van der Waals surface area contributed by atoms with Gasteiger partial charge in [0.25, 0.3) is 0 Å². The van der Waals surface area contributed by atoms with Gasteiger partial charge in [-0.1, -0.05) is 146 Å². The molecule has 0 spiro atoms. The van der Waals surface area contributed by atoms with E-state index < -0.39 is 0 Å². The van der Waals surface area contributed by atoms with E-state index in [0.29, 0.717) is 0 Å². The van der Waals surface area contributed by atoms with Crippen LogP contribution in [0, 0.1) is 0 Å². The van der Waals surface area contributed by atoms with Crippen LogP contribution in [0.25, 0.3) is 99.1 Å². The number of hydrogen-bond donors (Lipinski definition) is 0. The van der Waals surface area contributed by atoms with Gasteiger partial charge >= 0.3 is 0 Å². The van der Waals surface area contributed by atoms with Crippen molar-refractivity contribution in [3.8, 4) is 44.8 Å². The topological polar surface area (TPSA) is 9.86 Å². The average Bonchev–Trinajstić information content (AvgIpc) is 3.92. The van der Waals surface area contributed by atoms with Crippen molar-refractivity contribution in [3.05, 3.63) is 205 Å². The Hall–Kier alpha value is -7.16. The summed E-state index contributed by atoms with van der Waals surface area (Å²) in [5, 5.41) is 7.68. The lowest BCUT2D eigenvalue weighted by Crippen LogP contribution is -1.99. The van der Waals surface area contributed by atoms with Crippen molar-refractivity contribution in [2.45, 2.75) is 6.42 Å². The van der Waals surface area contributed by atoms with E-state index in [1.54, 1.807) is 0 Å². The van der Waals surface area contributed by atoms with Gasteiger partial charge in [0, 0.05) is 33.7 Å². The molecule has 0 unspecified atom stereocenters. The van der Waals surface area contributed by atoms with Crippen molar-refractivity contribution in [2.75, 3.05) is 0 Å². The van der Waals surface area contributed by atoms with E-state index in [2.05, 4.69) is 203 Å². The molecule has 11 aromatic rings. The van der Waals surface area contributed by atoms with E-state index in [9.17, 15) is 0 Å². The maximum atomic E-state index is 2.53. The zero-order valence-electron chi connectivity index (χ0n) is 30.1. The van der Waals surface area contributed by atoms with Crippen LogP contribution < -0.4 is 0 Å². The first-order valence-corrected chi connectivity index (χ1v) is 19.1. The van der Waals surface area contributed by atoms with Crippen molar-refractivity contribution in [1.29, 1.82) is 0 Å².